The highest BCUT2D eigenvalue weighted by molar-refractivity contribution is 5.49. The van der Waals surface area contributed by atoms with Crippen LogP contribution in [0.25, 0.3) is 0 Å². The fourth-order valence-corrected chi connectivity index (χ4v) is 3.92. The van der Waals surface area contributed by atoms with E-state index in [1.165, 1.54) is 0 Å². The second-order valence-electron chi connectivity index (χ2n) is 8.11. The van der Waals surface area contributed by atoms with Crippen molar-refractivity contribution < 1.29 is 4.74 Å². The van der Waals surface area contributed by atoms with E-state index in [4.69, 9.17) is 4.74 Å². The summed E-state index contributed by atoms with van der Waals surface area (Å²) in [5, 5.41) is 39.7. The predicted octanol–water partition coefficient (Wildman–Crippen LogP) is 4.24. The number of ether oxygens (including phenoxy) is 1. The summed E-state index contributed by atoms with van der Waals surface area (Å²) in [5.41, 5.74) is -0.722. The monoisotopic (exact) mass is 394 g/mol. The van der Waals surface area contributed by atoms with Crippen LogP contribution in [0.15, 0.2) is 48.5 Å². The first-order valence-corrected chi connectivity index (χ1v) is 9.84. The molecule has 2 aromatic rings. The molecule has 2 aromatic carbocycles. The van der Waals surface area contributed by atoms with Crippen LogP contribution in [0.4, 0.5) is 0 Å². The molecule has 6 rings (SSSR count). The zero-order valence-electron chi connectivity index (χ0n) is 17.1. The van der Waals surface area contributed by atoms with Crippen LogP contribution in [0.2, 0.25) is 0 Å². The SMILES string of the molecule is CC1(C)OCCc2ccc(cc2)CCC(C#N)(C#N)c2ccc(cc2)C1(C#N)C#N. The van der Waals surface area contributed by atoms with Gasteiger partial charge in [0, 0.05) is 0 Å². The molecule has 0 spiro atoms. The lowest BCUT2D eigenvalue weighted by Gasteiger charge is -2.37. The van der Waals surface area contributed by atoms with Crippen LogP contribution in [0.3, 0.4) is 0 Å². The van der Waals surface area contributed by atoms with Crippen molar-refractivity contribution in [3.05, 3.63) is 70.8 Å². The molecule has 0 fully saturated rings. The van der Waals surface area contributed by atoms with Crippen molar-refractivity contribution >= 4 is 0 Å². The van der Waals surface area contributed by atoms with Crippen LogP contribution in [0, 0.1) is 45.3 Å². The second kappa shape index (κ2) is 8.00. The van der Waals surface area contributed by atoms with Gasteiger partial charge < -0.3 is 4.74 Å². The van der Waals surface area contributed by atoms with Crippen LogP contribution in [-0.4, -0.2) is 12.2 Å². The van der Waals surface area contributed by atoms with Crippen molar-refractivity contribution in [3.63, 3.8) is 0 Å². The third-order valence-electron chi connectivity index (χ3n) is 6.10. The summed E-state index contributed by atoms with van der Waals surface area (Å²) in [6.07, 6.45) is 1.60. The molecule has 0 amide bonds. The summed E-state index contributed by atoms with van der Waals surface area (Å²) in [6.45, 7) is 3.87. The molecule has 0 N–H and O–H groups in total. The molecule has 4 heterocycles. The molecule has 0 aliphatic carbocycles. The molecule has 0 saturated carbocycles. The third kappa shape index (κ3) is 3.42. The average Bonchev–Trinajstić information content (AvgIpc) is 2.77. The van der Waals surface area contributed by atoms with E-state index in [0.717, 1.165) is 11.1 Å². The minimum atomic E-state index is -1.53. The van der Waals surface area contributed by atoms with Gasteiger partial charge in [-0.3, -0.25) is 0 Å². The highest BCUT2D eigenvalue weighted by Crippen LogP contribution is 2.39. The van der Waals surface area contributed by atoms with Gasteiger partial charge in [0.05, 0.1) is 36.5 Å². The van der Waals surface area contributed by atoms with Gasteiger partial charge in [0.25, 0.3) is 0 Å². The van der Waals surface area contributed by atoms with Gasteiger partial charge in [0.2, 0.25) is 0 Å². The molecule has 4 aliphatic heterocycles. The maximum absolute atomic E-state index is 10.0. The molecule has 4 aliphatic rings. The van der Waals surface area contributed by atoms with E-state index in [9.17, 15) is 21.0 Å². The summed E-state index contributed by atoms with van der Waals surface area (Å²) < 4.78 is 6.07. The predicted molar refractivity (Wildman–Crippen MR) is 111 cm³/mol. The Morgan fingerprint density at radius 3 is 1.70 bits per heavy atom. The Bertz CT molecular complexity index is 1060. The van der Waals surface area contributed by atoms with Gasteiger partial charge in [-0.25, -0.2) is 0 Å². The second-order valence-corrected chi connectivity index (χ2v) is 8.11. The molecular weight excluding hydrogens is 372 g/mol. The lowest BCUT2D eigenvalue weighted by atomic mass is 9.69. The van der Waals surface area contributed by atoms with Crippen LogP contribution in [0.1, 0.15) is 42.5 Å². The van der Waals surface area contributed by atoms with Crippen molar-refractivity contribution in [2.45, 2.75) is 49.5 Å². The van der Waals surface area contributed by atoms with Gasteiger partial charge in [-0.05, 0) is 55.4 Å². The fourth-order valence-electron chi connectivity index (χ4n) is 3.92. The molecule has 0 saturated heterocycles. The van der Waals surface area contributed by atoms with E-state index < -0.39 is 16.4 Å². The van der Waals surface area contributed by atoms with E-state index in [-0.39, 0.29) is 0 Å². The lowest BCUT2D eigenvalue weighted by Crippen LogP contribution is -2.48. The Morgan fingerprint density at radius 1 is 0.700 bits per heavy atom. The van der Waals surface area contributed by atoms with Crippen molar-refractivity contribution in [1.29, 1.82) is 21.0 Å². The molecule has 0 aromatic heterocycles. The first-order chi connectivity index (χ1) is 14.4. The first kappa shape index (κ1) is 21.1. The summed E-state index contributed by atoms with van der Waals surface area (Å²) >= 11 is 0. The van der Waals surface area contributed by atoms with Gasteiger partial charge in [-0.1, -0.05) is 48.5 Å². The third-order valence-corrected chi connectivity index (χ3v) is 6.10. The first-order valence-electron chi connectivity index (χ1n) is 9.84. The molecule has 0 radical (unpaired) electrons. The molecule has 30 heavy (non-hydrogen) atoms. The minimum absolute atomic E-state index is 0.356. The van der Waals surface area contributed by atoms with Gasteiger partial charge >= 0.3 is 0 Å². The number of hydrogen-bond acceptors (Lipinski definition) is 5. The Balaban J connectivity index is 2.17. The van der Waals surface area contributed by atoms with Gasteiger partial charge in [0.15, 0.2) is 10.8 Å². The van der Waals surface area contributed by atoms with E-state index in [2.05, 4.69) is 24.3 Å². The molecule has 5 heteroatoms. The number of rotatable bonds is 0. The normalized spacial score (nSPS) is 19.0. The van der Waals surface area contributed by atoms with Crippen molar-refractivity contribution in [2.24, 2.45) is 0 Å². The average molecular weight is 394 g/mol. The summed E-state index contributed by atoms with van der Waals surface area (Å²) in [5.74, 6) is 0. The number of benzene rings is 2. The minimum Gasteiger partial charge on any atom is -0.372 e. The molecule has 5 nitrogen and oxygen atoms in total. The molecule has 4 bridgehead atoms. The molecule has 0 unspecified atom stereocenters. The molecule has 0 atom stereocenters. The number of nitrogens with zero attached hydrogens (tertiary/aromatic N) is 4. The van der Waals surface area contributed by atoms with E-state index in [1.807, 2.05) is 24.3 Å². The van der Waals surface area contributed by atoms with Gasteiger partial charge in [-0.15, -0.1) is 0 Å². The maximum atomic E-state index is 10.0. The Kier molecular flexibility index (Phi) is 5.62. The molecule has 148 valence electrons. The molecular formula is C25H22N4O. The van der Waals surface area contributed by atoms with Crippen LogP contribution in [-0.2, 0) is 28.4 Å². The van der Waals surface area contributed by atoms with Crippen LogP contribution in [0.5, 0.6) is 0 Å². The van der Waals surface area contributed by atoms with Crippen molar-refractivity contribution in [1.82, 2.24) is 0 Å². The number of nitriles is 4. The number of hydrogen-bond donors (Lipinski definition) is 0. The standard InChI is InChI=1S/C25H22N4O/c1-23(2)25(17-28,18-29)22-9-7-21(8-10-22)24(15-26,16-27)13-11-19-3-5-20(6-4-19)12-14-30-23/h3-10H,11-14H2,1-2H3. The van der Waals surface area contributed by atoms with Crippen molar-refractivity contribution in [2.75, 3.05) is 6.61 Å². The Labute approximate surface area is 177 Å². The number of aryl methyl sites for hydroxylation is 1. The Hall–Kier alpha value is -3.64. The summed E-state index contributed by atoms with van der Waals surface area (Å²) in [4.78, 5) is 0. The Morgan fingerprint density at radius 2 is 1.20 bits per heavy atom. The van der Waals surface area contributed by atoms with Crippen molar-refractivity contribution in [3.8, 4) is 24.3 Å². The van der Waals surface area contributed by atoms with E-state index in [1.54, 1.807) is 38.1 Å². The van der Waals surface area contributed by atoms with Crippen LogP contribution < -0.4 is 0 Å². The van der Waals surface area contributed by atoms with E-state index in [0.29, 0.717) is 37.0 Å². The zero-order chi connectivity index (χ0) is 21.8. The van der Waals surface area contributed by atoms with Crippen LogP contribution >= 0.6 is 0 Å². The van der Waals surface area contributed by atoms with E-state index >= 15 is 0 Å². The maximum Gasteiger partial charge on any atom is 0.196 e. The fraction of sp³-hybridized carbons (Fsp3) is 0.360. The van der Waals surface area contributed by atoms with Gasteiger partial charge in [-0.2, -0.15) is 21.0 Å². The summed E-state index contributed by atoms with van der Waals surface area (Å²) in [6, 6.07) is 23.4. The smallest absolute Gasteiger partial charge is 0.196 e. The zero-order valence-corrected chi connectivity index (χ0v) is 17.1. The highest BCUT2D eigenvalue weighted by atomic mass is 16.5. The lowest BCUT2D eigenvalue weighted by molar-refractivity contribution is -0.0427. The van der Waals surface area contributed by atoms with Gasteiger partial charge in [0.1, 0.15) is 0 Å². The largest absolute Gasteiger partial charge is 0.372 e. The topological polar surface area (TPSA) is 104 Å². The summed E-state index contributed by atoms with van der Waals surface area (Å²) in [7, 11) is 0. The highest BCUT2D eigenvalue weighted by Gasteiger charge is 2.49. The quantitative estimate of drug-likeness (QED) is 0.664.